The van der Waals surface area contributed by atoms with Gasteiger partial charge in [0.2, 0.25) is 0 Å². The third kappa shape index (κ3) is 5.66. The first-order valence-corrected chi connectivity index (χ1v) is 18.7. The second-order valence-electron chi connectivity index (χ2n) is 13.8. The Balaban J connectivity index is 1.24. The lowest BCUT2D eigenvalue weighted by atomic mass is 10.0. The molecule has 0 unspecified atom stereocenters. The number of rotatable bonds is 8. The molecule has 0 aliphatic carbocycles. The summed E-state index contributed by atoms with van der Waals surface area (Å²) in [6, 6.07) is 59.4. The molecule has 0 saturated carbocycles. The standard InChI is InChI=1S/C50H41N3/c1-4-35-22-15-23-36(5-2)49(35)53-48(39-20-13-8-14-21-39)33-51-50(53)42-26-27-45(34(3)30-42)52-46-28-24-40(37-16-9-6-10-17-37)31-43(46)44-32-41(25-29-47(44)52)38-18-11-7-12-19-38/h6-33H,4-5H2,1-3H3. The van der Waals surface area contributed by atoms with Crippen LogP contribution in [0.5, 0.6) is 0 Å². The molecule has 7 aromatic carbocycles. The predicted octanol–water partition coefficient (Wildman–Crippen LogP) is 13.1. The maximum atomic E-state index is 5.16. The minimum Gasteiger partial charge on any atom is -0.309 e. The second-order valence-corrected chi connectivity index (χ2v) is 13.8. The van der Waals surface area contributed by atoms with Crippen molar-refractivity contribution in [2.75, 3.05) is 0 Å². The lowest BCUT2D eigenvalue weighted by Crippen LogP contribution is -2.07. The quantitative estimate of drug-likeness (QED) is 0.156. The van der Waals surface area contributed by atoms with Gasteiger partial charge in [-0.1, -0.05) is 135 Å². The van der Waals surface area contributed by atoms with Gasteiger partial charge in [-0.15, -0.1) is 0 Å². The summed E-state index contributed by atoms with van der Waals surface area (Å²) in [5.41, 5.74) is 16.9. The molecule has 3 heteroatoms. The largest absolute Gasteiger partial charge is 0.309 e. The summed E-state index contributed by atoms with van der Waals surface area (Å²) in [5.74, 6) is 0.955. The zero-order valence-electron chi connectivity index (χ0n) is 30.4. The van der Waals surface area contributed by atoms with Crippen molar-refractivity contribution in [2.45, 2.75) is 33.6 Å². The van der Waals surface area contributed by atoms with Gasteiger partial charge in [0.1, 0.15) is 5.82 Å². The van der Waals surface area contributed by atoms with Crippen LogP contribution < -0.4 is 0 Å². The van der Waals surface area contributed by atoms with Crippen LogP contribution in [0.1, 0.15) is 30.5 Å². The van der Waals surface area contributed by atoms with Gasteiger partial charge in [0.25, 0.3) is 0 Å². The highest BCUT2D eigenvalue weighted by atomic mass is 15.1. The van der Waals surface area contributed by atoms with Crippen LogP contribution in [0.3, 0.4) is 0 Å². The van der Waals surface area contributed by atoms with Crippen LogP contribution in [0.15, 0.2) is 170 Å². The van der Waals surface area contributed by atoms with Gasteiger partial charge in [0.05, 0.1) is 28.6 Å². The van der Waals surface area contributed by atoms with Crippen molar-refractivity contribution in [1.29, 1.82) is 0 Å². The molecule has 256 valence electrons. The van der Waals surface area contributed by atoms with Gasteiger partial charge in [0, 0.05) is 27.6 Å². The van der Waals surface area contributed by atoms with Crippen molar-refractivity contribution in [2.24, 2.45) is 0 Å². The molecular weight excluding hydrogens is 643 g/mol. The van der Waals surface area contributed by atoms with E-state index in [2.05, 4.69) is 194 Å². The minimum absolute atomic E-state index is 0.943. The molecule has 9 aromatic rings. The molecule has 0 fully saturated rings. The van der Waals surface area contributed by atoms with E-state index in [-0.39, 0.29) is 0 Å². The van der Waals surface area contributed by atoms with Gasteiger partial charge in [0.15, 0.2) is 0 Å². The molecule has 0 bridgehead atoms. The Morgan fingerprint density at radius 3 is 1.47 bits per heavy atom. The third-order valence-corrected chi connectivity index (χ3v) is 10.7. The van der Waals surface area contributed by atoms with Crippen molar-refractivity contribution in [3.8, 4) is 56.3 Å². The van der Waals surface area contributed by atoms with E-state index in [1.165, 1.54) is 72.1 Å². The molecule has 2 heterocycles. The van der Waals surface area contributed by atoms with Gasteiger partial charge in [-0.2, -0.15) is 0 Å². The van der Waals surface area contributed by atoms with Gasteiger partial charge in [-0.25, -0.2) is 4.98 Å². The Morgan fingerprint density at radius 1 is 0.453 bits per heavy atom. The van der Waals surface area contributed by atoms with Crippen LogP contribution >= 0.6 is 0 Å². The van der Waals surface area contributed by atoms with E-state index in [0.717, 1.165) is 35.5 Å². The van der Waals surface area contributed by atoms with Crippen molar-refractivity contribution < 1.29 is 0 Å². The molecule has 0 aliphatic heterocycles. The van der Waals surface area contributed by atoms with E-state index in [9.17, 15) is 0 Å². The van der Waals surface area contributed by atoms with Crippen LogP contribution in [0.25, 0.3) is 78.1 Å². The van der Waals surface area contributed by atoms with E-state index in [4.69, 9.17) is 4.98 Å². The SMILES string of the molecule is CCc1cccc(CC)c1-n1c(-c2ccccc2)cnc1-c1ccc(-n2c3ccc(-c4ccccc4)cc3c3cc(-c4ccccc4)ccc32)c(C)c1. The number of imidazole rings is 1. The molecule has 0 atom stereocenters. The number of hydrogen-bond acceptors (Lipinski definition) is 1. The fourth-order valence-electron chi connectivity index (χ4n) is 8.05. The molecule has 3 nitrogen and oxygen atoms in total. The van der Waals surface area contributed by atoms with E-state index in [1.807, 2.05) is 6.20 Å². The lowest BCUT2D eigenvalue weighted by Gasteiger charge is -2.20. The summed E-state index contributed by atoms with van der Waals surface area (Å²) < 4.78 is 4.84. The zero-order valence-corrected chi connectivity index (χ0v) is 30.4. The Morgan fingerprint density at radius 2 is 0.962 bits per heavy atom. The topological polar surface area (TPSA) is 22.8 Å². The van der Waals surface area contributed by atoms with Gasteiger partial charge in [-0.05, 0) is 101 Å². The third-order valence-electron chi connectivity index (χ3n) is 10.7. The van der Waals surface area contributed by atoms with Crippen molar-refractivity contribution >= 4 is 21.8 Å². The molecule has 0 amide bonds. The number of para-hydroxylation sites is 1. The number of aromatic nitrogens is 3. The fourth-order valence-corrected chi connectivity index (χ4v) is 8.05. The van der Waals surface area contributed by atoms with Gasteiger partial charge in [-0.3, -0.25) is 4.57 Å². The summed E-state index contributed by atoms with van der Waals surface area (Å²) in [5, 5.41) is 2.49. The Labute approximate surface area is 311 Å². The number of nitrogens with zero attached hydrogens (tertiary/aromatic N) is 3. The van der Waals surface area contributed by atoms with Gasteiger partial charge < -0.3 is 4.57 Å². The molecular formula is C50H41N3. The molecule has 0 spiro atoms. The summed E-state index contributed by atoms with van der Waals surface area (Å²) in [6.07, 6.45) is 3.93. The molecule has 0 radical (unpaired) electrons. The monoisotopic (exact) mass is 683 g/mol. The summed E-state index contributed by atoms with van der Waals surface area (Å²) in [7, 11) is 0. The number of fused-ring (bicyclic) bond motifs is 3. The summed E-state index contributed by atoms with van der Waals surface area (Å²) in [4.78, 5) is 5.16. The first-order chi connectivity index (χ1) is 26.1. The maximum Gasteiger partial charge on any atom is 0.145 e. The van der Waals surface area contributed by atoms with Crippen LogP contribution in [0, 0.1) is 6.92 Å². The normalized spacial score (nSPS) is 11.5. The Bertz CT molecular complexity index is 2620. The van der Waals surface area contributed by atoms with Crippen LogP contribution in [0.2, 0.25) is 0 Å². The van der Waals surface area contributed by atoms with Crippen LogP contribution in [-0.4, -0.2) is 14.1 Å². The van der Waals surface area contributed by atoms with E-state index in [0.29, 0.717) is 0 Å². The van der Waals surface area contributed by atoms with Crippen LogP contribution in [-0.2, 0) is 12.8 Å². The number of hydrogen-bond donors (Lipinski definition) is 0. The van der Waals surface area contributed by atoms with Crippen molar-refractivity contribution in [3.63, 3.8) is 0 Å². The average Bonchev–Trinajstić information content (AvgIpc) is 3.80. The molecule has 0 N–H and O–H groups in total. The van der Waals surface area contributed by atoms with E-state index in [1.54, 1.807) is 0 Å². The molecule has 2 aromatic heterocycles. The maximum absolute atomic E-state index is 5.16. The van der Waals surface area contributed by atoms with Gasteiger partial charge >= 0.3 is 0 Å². The minimum atomic E-state index is 0.943. The molecule has 0 aliphatic rings. The highest BCUT2D eigenvalue weighted by molar-refractivity contribution is 6.11. The predicted molar refractivity (Wildman–Crippen MR) is 223 cm³/mol. The van der Waals surface area contributed by atoms with E-state index < -0.39 is 0 Å². The summed E-state index contributed by atoms with van der Waals surface area (Å²) >= 11 is 0. The van der Waals surface area contributed by atoms with Crippen molar-refractivity contribution in [3.05, 3.63) is 187 Å². The van der Waals surface area contributed by atoms with Crippen LogP contribution in [0.4, 0.5) is 0 Å². The first kappa shape index (κ1) is 32.5. The Hall–Kier alpha value is -6.45. The van der Waals surface area contributed by atoms with Crippen molar-refractivity contribution in [1.82, 2.24) is 14.1 Å². The highest BCUT2D eigenvalue weighted by Crippen LogP contribution is 2.40. The Kier molecular flexibility index (Phi) is 8.32. The molecule has 9 rings (SSSR count). The fraction of sp³-hybridized carbons (Fsp3) is 0.100. The average molecular weight is 684 g/mol. The zero-order chi connectivity index (χ0) is 35.9. The number of aryl methyl sites for hydroxylation is 3. The smallest absolute Gasteiger partial charge is 0.145 e. The second kappa shape index (κ2) is 13.6. The first-order valence-electron chi connectivity index (χ1n) is 18.7. The highest BCUT2D eigenvalue weighted by Gasteiger charge is 2.21. The summed E-state index contributed by atoms with van der Waals surface area (Å²) in [6.45, 7) is 6.72. The van der Waals surface area contributed by atoms with E-state index >= 15 is 0 Å². The lowest BCUT2D eigenvalue weighted by molar-refractivity contribution is 0.972. The number of benzene rings is 7. The molecule has 53 heavy (non-hydrogen) atoms. The molecule has 0 saturated heterocycles.